The van der Waals surface area contributed by atoms with Gasteiger partial charge in [0.15, 0.2) is 0 Å². The van der Waals surface area contributed by atoms with Crippen LogP contribution in [0, 0.1) is 0 Å². The van der Waals surface area contributed by atoms with E-state index in [-0.39, 0.29) is 0 Å². The summed E-state index contributed by atoms with van der Waals surface area (Å²) in [6.45, 7) is 5.38. The molecule has 0 fully saturated rings. The summed E-state index contributed by atoms with van der Waals surface area (Å²) in [5, 5.41) is 8.11. The van der Waals surface area contributed by atoms with Gasteiger partial charge in [-0.1, -0.05) is 25.8 Å². The maximum absolute atomic E-state index is 4.57. The largest absolute Gasteiger partial charge is 0.309 e. The standard InChI is InChI=1S/C14H23N3/c1-3-4-7-12(2)15-11-13-10-14-8-5-6-9-17(14)16-13/h6,9-10,12,15H,3-5,7-8,11H2,1-2H3. The minimum atomic E-state index is 0.587. The quantitative estimate of drug-likeness (QED) is 0.818. The highest BCUT2D eigenvalue weighted by molar-refractivity contribution is 5.30. The average molecular weight is 233 g/mol. The van der Waals surface area contributed by atoms with Crippen LogP contribution in [0.3, 0.4) is 0 Å². The van der Waals surface area contributed by atoms with Crippen LogP contribution in [0.25, 0.3) is 6.20 Å². The lowest BCUT2D eigenvalue weighted by Gasteiger charge is -2.11. The first-order chi connectivity index (χ1) is 8.29. The summed E-state index contributed by atoms with van der Waals surface area (Å²) >= 11 is 0. The van der Waals surface area contributed by atoms with E-state index < -0.39 is 0 Å². The number of nitrogens with one attached hydrogen (secondary N) is 1. The second kappa shape index (κ2) is 6.01. The van der Waals surface area contributed by atoms with Gasteiger partial charge in [0.2, 0.25) is 0 Å². The maximum atomic E-state index is 4.57. The van der Waals surface area contributed by atoms with Gasteiger partial charge in [-0.15, -0.1) is 0 Å². The Kier molecular flexibility index (Phi) is 4.37. The first kappa shape index (κ1) is 12.4. The van der Waals surface area contributed by atoms with Gasteiger partial charge in [0, 0.05) is 24.5 Å². The smallest absolute Gasteiger partial charge is 0.0769 e. The summed E-state index contributed by atoms with van der Waals surface area (Å²) in [5.74, 6) is 0. The third kappa shape index (κ3) is 3.43. The number of rotatable bonds is 6. The Labute approximate surface area is 104 Å². The number of aromatic nitrogens is 2. The van der Waals surface area contributed by atoms with Gasteiger partial charge in [-0.2, -0.15) is 5.10 Å². The Morgan fingerprint density at radius 2 is 2.41 bits per heavy atom. The molecule has 0 saturated heterocycles. The lowest BCUT2D eigenvalue weighted by atomic mass is 10.1. The molecule has 2 rings (SSSR count). The van der Waals surface area contributed by atoms with Gasteiger partial charge in [0.1, 0.15) is 0 Å². The zero-order valence-electron chi connectivity index (χ0n) is 10.9. The molecule has 3 nitrogen and oxygen atoms in total. The molecule has 0 aliphatic carbocycles. The van der Waals surface area contributed by atoms with Crippen LogP contribution in [0.4, 0.5) is 0 Å². The Bertz CT molecular complexity index is 379. The number of hydrogen-bond donors (Lipinski definition) is 1. The van der Waals surface area contributed by atoms with E-state index in [1.165, 1.54) is 25.0 Å². The number of aryl methyl sites for hydroxylation is 1. The highest BCUT2D eigenvalue weighted by Gasteiger charge is 2.09. The van der Waals surface area contributed by atoms with Gasteiger partial charge in [-0.3, -0.25) is 0 Å². The van der Waals surface area contributed by atoms with Crippen molar-refractivity contribution in [2.75, 3.05) is 0 Å². The highest BCUT2D eigenvalue weighted by atomic mass is 15.3. The van der Waals surface area contributed by atoms with E-state index in [4.69, 9.17) is 0 Å². The Hall–Kier alpha value is -1.09. The number of hydrogen-bond acceptors (Lipinski definition) is 2. The van der Waals surface area contributed by atoms with Crippen molar-refractivity contribution < 1.29 is 0 Å². The molecule has 1 aliphatic rings. The summed E-state index contributed by atoms with van der Waals surface area (Å²) in [6.07, 6.45) is 10.3. The molecule has 94 valence electrons. The molecule has 0 bridgehead atoms. The second-order valence-corrected chi connectivity index (χ2v) is 4.92. The number of unbranched alkanes of at least 4 members (excludes halogenated alkanes) is 1. The summed E-state index contributed by atoms with van der Waals surface area (Å²) in [7, 11) is 0. The van der Waals surface area contributed by atoms with Gasteiger partial charge in [0.25, 0.3) is 0 Å². The summed E-state index contributed by atoms with van der Waals surface area (Å²) in [4.78, 5) is 0. The van der Waals surface area contributed by atoms with Crippen LogP contribution >= 0.6 is 0 Å². The van der Waals surface area contributed by atoms with E-state index in [1.54, 1.807) is 0 Å². The predicted octanol–water partition coefficient (Wildman–Crippen LogP) is 2.97. The molecule has 1 atom stereocenters. The molecule has 1 aliphatic heterocycles. The van der Waals surface area contributed by atoms with Gasteiger partial charge in [-0.05, 0) is 32.3 Å². The van der Waals surface area contributed by atoms with Crippen molar-refractivity contribution in [1.82, 2.24) is 15.1 Å². The fourth-order valence-corrected chi connectivity index (χ4v) is 2.19. The molecule has 1 aromatic rings. The van der Waals surface area contributed by atoms with Crippen LogP contribution in [-0.4, -0.2) is 15.8 Å². The zero-order chi connectivity index (χ0) is 12.1. The van der Waals surface area contributed by atoms with E-state index in [0.29, 0.717) is 6.04 Å². The van der Waals surface area contributed by atoms with Crippen LogP contribution in [-0.2, 0) is 13.0 Å². The van der Waals surface area contributed by atoms with Crippen LogP contribution in [0.15, 0.2) is 12.1 Å². The lowest BCUT2D eigenvalue weighted by molar-refractivity contribution is 0.490. The second-order valence-electron chi connectivity index (χ2n) is 4.92. The van der Waals surface area contributed by atoms with E-state index in [2.05, 4.69) is 42.6 Å². The molecule has 3 heteroatoms. The molecule has 0 amide bonds. The first-order valence-electron chi connectivity index (χ1n) is 6.77. The Morgan fingerprint density at radius 1 is 1.53 bits per heavy atom. The number of allylic oxidation sites excluding steroid dienone is 1. The summed E-state index contributed by atoms with van der Waals surface area (Å²) in [6, 6.07) is 2.81. The van der Waals surface area contributed by atoms with Crippen molar-refractivity contribution in [3.05, 3.63) is 23.5 Å². The van der Waals surface area contributed by atoms with Crippen LogP contribution in [0.5, 0.6) is 0 Å². The topological polar surface area (TPSA) is 29.9 Å². The third-order valence-corrected chi connectivity index (χ3v) is 3.30. The molecule has 0 spiro atoms. The fourth-order valence-electron chi connectivity index (χ4n) is 2.19. The van der Waals surface area contributed by atoms with Crippen molar-refractivity contribution in [1.29, 1.82) is 0 Å². The maximum Gasteiger partial charge on any atom is 0.0769 e. The van der Waals surface area contributed by atoms with Crippen molar-refractivity contribution in [2.45, 2.75) is 58.5 Å². The number of fused-ring (bicyclic) bond motifs is 1. The molecule has 0 aromatic carbocycles. The van der Waals surface area contributed by atoms with E-state index in [9.17, 15) is 0 Å². The number of nitrogens with zero attached hydrogens (tertiary/aromatic N) is 2. The minimum Gasteiger partial charge on any atom is -0.309 e. The Balaban J connectivity index is 1.83. The van der Waals surface area contributed by atoms with Crippen molar-refractivity contribution in [2.24, 2.45) is 0 Å². The van der Waals surface area contributed by atoms with Crippen molar-refractivity contribution >= 4 is 6.20 Å². The molecule has 0 radical (unpaired) electrons. The summed E-state index contributed by atoms with van der Waals surface area (Å²) < 4.78 is 2.01. The van der Waals surface area contributed by atoms with E-state index >= 15 is 0 Å². The molecule has 1 N–H and O–H groups in total. The van der Waals surface area contributed by atoms with E-state index in [0.717, 1.165) is 25.1 Å². The Morgan fingerprint density at radius 3 is 3.18 bits per heavy atom. The molecule has 1 unspecified atom stereocenters. The minimum absolute atomic E-state index is 0.587. The molecular formula is C14H23N3. The van der Waals surface area contributed by atoms with Crippen LogP contribution in [0.1, 0.15) is 50.9 Å². The highest BCUT2D eigenvalue weighted by Crippen LogP contribution is 2.13. The molecule has 17 heavy (non-hydrogen) atoms. The van der Waals surface area contributed by atoms with Crippen LogP contribution in [0.2, 0.25) is 0 Å². The monoisotopic (exact) mass is 233 g/mol. The molecule has 2 heterocycles. The van der Waals surface area contributed by atoms with Gasteiger partial charge in [-0.25, -0.2) is 4.68 Å². The fraction of sp³-hybridized carbons (Fsp3) is 0.643. The third-order valence-electron chi connectivity index (χ3n) is 3.30. The van der Waals surface area contributed by atoms with Crippen molar-refractivity contribution in [3.63, 3.8) is 0 Å². The molecule has 1 aromatic heterocycles. The average Bonchev–Trinajstić information content (AvgIpc) is 2.76. The van der Waals surface area contributed by atoms with Gasteiger partial charge < -0.3 is 5.32 Å². The molecular weight excluding hydrogens is 210 g/mol. The van der Waals surface area contributed by atoms with Gasteiger partial charge in [0.05, 0.1) is 5.69 Å². The summed E-state index contributed by atoms with van der Waals surface area (Å²) in [5.41, 5.74) is 2.50. The zero-order valence-corrected chi connectivity index (χ0v) is 10.9. The van der Waals surface area contributed by atoms with Gasteiger partial charge >= 0.3 is 0 Å². The van der Waals surface area contributed by atoms with E-state index in [1.807, 2.05) is 4.68 Å². The lowest BCUT2D eigenvalue weighted by Crippen LogP contribution is -2.25. The normalized spacial score (nSPS) is 15.9. The SMILES string of the molecule is CCCCC(C)NCc1cc2n(n1)C=CCC2. The van der Waals surface area contributed by atoms with Crippen LogP contribution < -0.4 is 5.32 Å². The van der Waals surface area contributed by atoms with Crippen molar-refractivity contribution in [3.8, 4) is 0 Å². The predicted molar refractivity (Wildman–Crippen MR) is 71.7 cm³/mol. The first-order valence-corrected chi connectivity index (χ1v) is 6.77. The molecule has 0 saturated carbocycles.